The molecule has 0 aliphatic carbocycles. The number of halogens is 3. The Balaban J connectivity index is 1.97. The van der Waals surface area contributed by atoms with Crippen molar-refractivity contribution >= 4 is 29.2 Å². The van der Waals surface area contributed by atoms with Gasteiger partial charge in [0, 0.05) is 23.4 Å². The van der Waals surface area contributed by atoms with Gasteiger partial charge in [0.25, 0.3) is 11.9 Å². The van der Waals surface area contributed by atoms with Crippen molar-refractivity contribution in [2.24, 2.45) is 10.7 Å². The summed E-state index contributed by atoms with van der Waals surface area (Å²) in [6.07, 6.45) is -0.842. The molecule has 2 heterocycles. The molecule has 1 amide bonds. The molecular weight excluding hydrogens is 406 g/mol. The van der Waals surface area contributed by atoms with Crippen molar-refractivity contribution in [1.82, 2.24) is 4.98 Å². The zero-order valence-electron chi connectivity index (χ0n) is 15.7. The Labute approximate surface area is 170 Å². The van der Waals surface area contributed by atoms with Crippen LogP contribution in [-0.2, 0) is 15.0 Å². The number of rotatable bonds is 5. The highest BCUT2D eigenvalue weighted by Gasteiger charge is 2.47. The predicted octanol–water partition coefficient (Wildman–Crippen LogP) is 3.04. The number of alkyl halides is 1. The molecular formula is C19H19ClF2N4O3. The van der Waals surface area contributed by atoms with Gasteiger partial charge in [-0.25, -0.2) is 18.8 Å². The van der Waals surface area contributed by atoms with Crippen molar-refractivity contribution in [3.05, 3.63) is 58.6 Å². The highest BCUT2D eigenvalue weighted by Crippen LogP contribution is 2.41. The van der Waals surface area contributed by atoms with Gasteiger partial charge >= 0.3 is 0 Å². The summed E-state index contributed by atoms with van der Waals surface area (Å²) in [4.78, 5) is 20.4. The number of benzene rings is 1. The van der Waals surface area contributed by atoms with Crippen LogP contribution in [0.2, 0.25) is 5.02 Å². The second kappa shape index (κ2) is 8.30. The number of hydrogen-bond acceptors (Lipinski definition) is 6. The van der Waals surface area contributed by atoms with Crippen LogP contribution < -0.4 is 11.1 Å². The second-order valence-electron chi connectivity index (χ2n) is 6.57. The third-order valence-electron chi connectivity index (χ3n) is 4.64. The number of carbonyl (C=O) groups is 1. The topological polar surface area (TPSA) is 98.8 Å². The number of ether oxygens (including phenoxy) is 2. The molecule has 154 valence electrons. The maximum Gasteiger partial charge on any atom is 0.283 e. The Morgan fingerprint density at radius 2 is 2.17 bits per heavy atom. The molecule has 3 atom stereocenters. The normalized spacial score (nSPS) is 23.8. The van der Waals surface area contributed by atoms with Gasteiger partial charge in [0.05, 0.1) is 6.20 Å². The van der Waals surface area contributed by atoms with E-state index in [1.54, 1.807) is 25.1 Å². The summed E-state index contributed by atoms with van der Waals surface area (Å²) in [6, 6.07) is 6.94. The van der Waals surface area contributed by atoms with Crippen LogP contribution in [0.15, 0.2) is 41.5 Å². The van der Waals surface area contributed by atoms with Crippen molar-refractivity contribution in [2.45, 2.75) is 24.7 Å². The molecule has 3 N–H and O–H groups in total. The van der Waals surface area contributed by atoms with Crippen LogP contribution in [0.4, 0.5) is 14.5 Å². The number of hydrogen-bond donors (Lipinski definition) is 2. The average molecular weight is 425 g/mol. The Kier molecular flexibility index (Phi) is 5.99. The van der Waals surface area contributed by atoms with E-state index in [0.717, 1.165) is 12.3 Å². The summed E-state index contributed by atoms with van der Waals surface area (Å²) in [7, 11) is 1.41. The molecule has 1 aliphatic rings. The lowest BCUT2D eigenvalue weighted by Gasteiger charge is -2.41. The van der Waals surface area contributed by atoms with Crippen LogP contribution >= 0.6 is 11.6 Å². The van der Waals surface area contributed by atoms with E-state index in [-0.39, 0.29) is 11.7 Å². The molecule has 7 nitrogen and oxygen atoms in total. The first-order valence-electron chi connectivity index (χ1n) is 8.62. The zero-order chi connectivity index (χ0) is 21.2. The molecule has 2 aromatic rings. The van der Waals surface area contributed by atoms with Gasteiger partial charge in [0.1, 0.15) is 29.8 Å². The van der Waals surface area contributed by atoms with Crippen molar-refractivity contribution in [3.63, 3.8) is 0 Å². The lowest BCUT2D eigenvalue weighted by molar-refractivity contribution is -0.0697. The number of aliphatic imine (C=N–C) groups is 1. The molecule has 10 heteroatoms. The molecule has 3 rings (SSSR count). The van der Waals surface area contributed by atoms with Crippen LogP contribution in [0.1, 0.15) is 23.0 Å². The van der Waals surface area contributed by atoms with Gasteiger partial charge in [-0.05, 0) is 37.3 Å². The number of nitrogens with two attached hydrogens (primary N) is 1. The molecule has 0 saturated carbocycles. The number of nitrogens with zero attached hydrogens (tertiary/aromatic N) is 2. The van der Waals surface area contributed by atoms with Crippen LogP contribution in [0.25, 0.3) is 0 Å². The fourth-order valence-corrected chi connectivity index (χ4v) is 3.61. The third kappa shape index (κ3) is 4.15. The monoisotopic (exact) mass is 424 g/mol. The summed E-state index contributed by atoms with van der Waals surface area (Å²) < 4.78 is 37.2. The fraction of sp³-hybridized carbons (Fsp3) is 0.316. The predicted molar refractivity (Wildman–Crippen MR) is 104 cm³/mol. The van der Waals surface area contributed by atoms with Crippen molar-refractivity contribution in [1.29, 1.82) is 0 Å². The summed E-state index contributed by atoms with van der Waals surface area (Å²) in [5.74, 6) is -1.09. The number of amides is 1. The molecule has 0 bridgehead atoms. The highest BCUT2D eigenvalue weighted by atomic mass is 35.5. The standard InChI is InChI=1S/C19H19ClF2N4O3/c1-19(16(28-2)15(8-21)29-18(23)26-19)12-7-11(4-5-13(12)20)25-17(27)14-6-3-10(22)9-24-14/h3-7,9,15-16H,8H2,1-2H3,(H2,23,26)(H,25,27)/t15-,16+,19-/m1/s1. The van der Waals surface area contributed by atoms with E-state index in [0.29, 0.717) is 16.3 Å². The number of anilines is 1. The first kappa shape index (κ1) is 20.9. The largest absolute Gasteiger partial charge is 0.456 e. The minimum absolute atomic E-state index is 0.0368. The maximum absolute atomic E-state index is 13.5. The van der Waals surface area contributed by atoms with Crippen molar-refractivity contribution < 1.29 is 23.0 Å². The lowest BCUT2D eigenvalue weighted by atomic mass is 9.83. The van der Waals surface area contributed by atoms with Gasteiger partial charge in [0.15, 0.2) is 6.10 Å². The molecule has 0 fully saturated rings. The van der Waals surface area contributed by atoms with E-state index in [4.69, 9.17) is 26.8 Å². The van der Waals surface area contributed by atoms with Gasteiger partial charge in [-0.1, -0.05) is 11.6 Å². The summed E-state index contributed by atoms with van der Waals surface area (Å²) in [5.41, 5.74) is 5.45. The molecule has 0 saturated heterocycles. The summed E-state index contributed by atoms with van der Waals surface area (Å²) in [5, 5.41) is 2.99. The number of amidine groups is 1. The zero-order valence-corrected chi connectivity index (χ0v) is 16.4. The molecule has 1 aliphatic heterocycles. The van der Waals surface area contributed by atoms with E-state index in [1.807, 2.05) is 0 Å². The number of nitrogens with one attached hydrogen (secondary N) is 1. The molecule has 29 heavy (non-hydrogen) atoms. The molecule has 1 aromatic heterocycles. The van der Waals surface area contributed by atoms with Gasteiger partial charge in [0.2, 0.25) is 0 Å². The van der Waals surface area contributed by atoms with Gasteiger partial charge in [-0.15, -0.1) is 0 Å². The Hall–Kier alpha value is -2.78. The Morgan fingerprint density at radius 1 is 1.41 bits per heavy atom. The average Bonchev–Trinajstić information content (AvgIpc) is 2.69. The molecule has 0 unspecified atom stereocenters. The first-order chi connectivity index (χ1) is 13.8. The highest BCUT2D eigenvalue weighted by molar-refractivity contribution is 6.31. The molecule has 1 aromatic carbocycles. The SMILES string of the molecule is CO[C@H]1[C@@H](CF)OC(N)=N[C@]1(C)c1cc(NC(=O)c2ccc(F)cn2)ccc1Cl. The van der Waals surface area contributed by atoms with Gasteiger partial charge < -0.3 is 20.5 Å². The van der Waals surface area contributed by atoms with E-state index in [1.165, 1.54) is 13.2 Å². The molecule has 0 radical (unpaired) electrons. The van der Waals surface area contributed by atoms with Crippen LogP contribution in [-0.4, -0.2) is 42.9 Å². The maximum atomic E-state index is 13.5. The van der Waals surface area contributed by atoms with Crippen LogP contribution in [0.3, 0.4) is 0 Å². The van der Waals surface area contributed by atoms with Crippen LogP contribution in [0, 0.1) is 5.82 Å². The lowest BCUT2D eigenvalue weighted by Crippen LogP contribution is -2.53. The van der Waals surface area contributed by atoms with E-state index < -0.39 is 36.1 Å². The minimum Gasteiger partial charge on any atom is -0.456 e. The van der Waals surface area contributed by atoms with E-state index in [2.05, 4.69) is 15.3 Å². The third-order valence-corrected chi connectivity index (χ3v) is 4.97. The number of carbonyl (C=O) groups excluding carboxylic acids is 1. The first-order valence-corrected chi connectivity index (χ1v) is 9.00. The number of methoxy groups -OCH3 is 1. The smallest absolute Gasteiger partial charge is 0.283 e. The Morgan fingerprint density at radius 3 is 2.79 bits per heavy atom. The van der Waals surface area contributed by atoms with Gasteiger partial charge in [-0.3, -0.25) is 4.79 Å². The number of aromatic nitrogens is 1. The minimum atomic E-state index is -1.17. The van der Waals surface area contributed by atoms with Crippen LogP contribution in [0.5, 0.6) is 0 Å². The van der Waals surface area contributed by atoms with Crippen molar-refractivity contribution in [2.75, 3.05) is 19.1 Å². The second-order valence-corrected chi connectivity index (χ2v) is 6.98. The van der Waals surface area contributed by atoms with Gasteiger partial charge in [-0.2, -0.15) is 0 Å². The van der Waals surface area contributed by atoms with Crippen molar-refractivity contribution in [3.8, 4) is 0 Å². The quantitative estimate of drug-likeness (QED) is 0.768. The summed E-state index contributed by atoms with van der Waals surface area (Å²) in [6.45, 7) is 0.849. The Bertz CT molecular complexity index is 942. The number of pyridine rings is 1. The fourth-order valence-electron chi connectivity index (χ4n) is 3.30. The summed E-state index contributed by atoms with van der Waals surface area (Å²) >= 11 is 6.38. The van der Waals surface area contributed by atoms with E-state index >= 15 is 0 Å². The van der Waals surface area contributed by atoms with E-state index in [9.17, 15) is 13.6 Å². The molecule has 0 spiro atoms.